The van der Waals surface area contributed by atoms with Crippen molar-refractivity contribution in [3.63, 3.8) is 0 Å². The van der Waals surface area contributed by atoms with Crippen LogP contribution in [0.2, 0.25) is 0 Å². The van der Waals surface area contributed by atoms with Crippen molar-refractivity contribution in [3.8, 4) is 11.1 Å². The lowest BCUT2D eigenvalue weighted by atomic mass is 9.85. The van der Waals surface area contributed by atoms with Crippen molar-refractivity contribution in [1.82, 2.24) is 4.98 Å². The SMILES string of the molecule is Cl.Fc1ccc(-c2ccc3c(c2)CCC=C3c2ccncc2)cc1. The molecule has 0 saturated carbocycles. The van der Waals surface area contributed by atoms with Crippen LogP contribution in [0.4, 0.5) is 4.39 Å². The number of hydrogen-bond acceptors (Lipinski definition) is 1. The average Bonchev–Trinajstić information content (AvgIpc) is 2.62. The molecule has 0 spiro atoms. The molecule has 0 fully saturated rings. The average molecular weight is 338 g/mol. The third kappa shape index (κ3) is 3.10. The molecule has 0 N–H and O–H groups in total. The number of fused-ring (bicyclic) bond motifs is 1. The fourth-order valence-electron chi connectivity index (χ4n) is 3.17. The van der Waals surface area contributed by atoms with Crippen LogP contribution in [0, 0.1) is 5.82 Å². The zero-order chi connectivity index (χ0) is 15.6. The Kier molecular flexibility index (Phi) is 4.77. The number of pyridine rings is 1. The number of hydrogen-bond donors (Lipinski definition) is 0. The van der Waals surface area contributed by atoms with Gasteiger partial charge >= 0.3 is 0 Å². The fraction of sp³-hybridized carbons (Fsp3) is 0.0952. The molecule has 3 aromatic rings. The van der Waals surface area contributed by atoms with Gasteiger partial charge in [-0.2, -0.15) is 0 Å². The fourth-order valence-corrected chi connectivity index (χ4v) is 3.17. The molecule has 1 heterocycles. The lowest BCUT2D eigenvalue weighted by Crippen LogP contribution is -2.01. The van der Waals surface area contributed by atoms with Gasteiger partial charge in [0.15, 0.2) is 0 Å². The first-order chi connectivity index (χ1) is 11.3. The molecule has 0 aliphatic heterocycles. The van der Waals surface area contributed by atoms with Crippen LogP contribution in [-0.4, -0.2) is 4.98 Å². The summed E-state index contributed by atoms with van der Waals surface area (Å²) in [6.07, 6.45) is 8.04. The molecule has 0 radical (unpaired) electrons. The zero-order valence-electron chi connectivity index (χ0n) is 13.1. The monoisotopic (exact) mass is 337 g/mol. The van der Waals surface area contributed by atoms with Crippen LogP contribution in [0.15, 0.2) is 73.1 Å². The maximum atomic E-state index is 13.1. The van der Waals surface area contributed by atoms with Gasteiger partial charge in [0.25, 0.3) is 0 Å². The lowest BCUT2D eigenvalue weighted by molar-refractivity contribution is 0.628. The van der Waals surface area contributed by atoms with E-state index in [0.717, 1.165) is 24.0 Å². The molecule has 24 heavy (non-hydrogen) atoms. The van der Waals surface area contributed by atoms with E-state index in [1.165, 1.54) is 34.4 Å². The molecule has 0 atom stereocenters. The summed E-state index contributed by atoms with van der Waals surface area (Å²) in [4.78, 5) is 4.10. The van der Waals surface area contributed by atoms with Gasteiger partial charge in [-0.3, -0.25) is 4.98 Å². The van der Waals surface area contributed by atoms with E-state index in [-0.39, 0.29) is 18.2 Å². The van der Waals surface area contributed by atoms with Gasteiger partial charge in [-0.25, -0.2) is 4.39 Å². The first kappa shape index (κ1) is 16.4. The largest absolute Gasteiger partial charge is 0.265 e. The Balaban J connectivity index is 0.00000169. The molecule has 4 rings (SSSR count). The molecule has 0 amide bonds. The van der Waals surface area contributed by atoms with Crippen LogP contribution in [0.5, 0.6) is 0 Å². The van der Waals surface area contributed by atoms with Gasteiger partial charge in [-0.1, -0.05) is 36.4 Å². The van der Waals surface area contributed by atoms with Crippen molar-refractivity contribution in [2.45, 2.75) is 12.8 Å². The van der Waals surface area contributed by atoms with Crippen molar-refractivity contribution in [2.24, 2.45) is 0 Å². The van der Waals surface area contributed by atoms with Crippen molar-refractivity contribution < 1.29 is 4.39 Å². The van der Waals surface area contributed by atoms with E-state index in [1.807, 2.05) is 24.5 Å². The standard InChI is InChI=1S/C21H16FN.ClH/c22-19-7-4-15(5-8-19)17-6-9-21-18(14-17)2-1-3-20(21)16-10-12-23-13-11-16;/h3-14H,1-2H2;1H. The van der Waals surface area contributed by atoms with Gasteiger partial charge in [-0.05, 0) is 70.5 Å². The molecular weight excluding hydrogens is 321 g/mol. The maximum Gasteiger partial charge on any atom is 0.123 e. The van der Waals surface area contributed by atoms with Crippen LogP contribution in [-0.2, 0) is 6.42 Å². The predicted octanol–water partition coefficient (Wildman–Crippen LogP) is 5.69. The molecule has 120 valence electrons. The second-order valence-electron chi connectivity index (χ2n) is 5.77. The van der Waals surface area contributed by atoms with E-state index in [4.69, 9.17) is 0 Å². The minimum absolute atomic E-state index is 0. The summed E-state index contributed by atoms with van der Waals surface area (Å²) in [6, 6.07) is 17.3. The number of rotatable bonds is 2. The highest BCUT2D eigenvalue weighted by Gasteiger charge is 2.15. The highest BCUT2D eigenvalue weighted by molar-refractivity contribution is 5.85. The summed E-state index contributed by atoms with van der Waals surface area (Å²) < 4.78 is 13.1. The van der Waals surface area contributed by atoms with Gasteiger partial charge in [0.1, 0.15) is 5.82 Å². The normalized spacial score (nSPS) is 12.8. The van der Waals surface area contributed by atoms with Gasteiger partial charge in [0.05, 0.1) is 0 Å². The van der Waals surface area contributed by atoms with Crippen LogP contribution in [0.3, 0.4) is 0 Å². The highest BCUT2D eigenvalue weighted by atomic mass is 35.5. The Morgan fingerprint density at radius 1 is 0.792 bits per heavy atom. The van der Waals surface area contributed by atoms with Crippen molar-refractivity contribution in [3.05, 3.63) is 95.6 Å². The number of aromatic nitrogens is 1. The van der Waals surface area contributed by atoms with Gasteiger partial charge in [0, 0.05) is 12.4 Å². The Hall–Kier alpha value is -2.45. The van der Waals surface area contributed by atoms with Crippen molar-refractivity contribution in [1.29, 1.82) is 0 Å². The van der Waals surface area contributed by atoms with E-state index in [2.05, 4.69) is 41.4 Å². The minimum atomic E-state index is -0.199. The molecule has 3 heteroatoms. The maximum absolute atomic E-state index is 13.1. The number of allylic oxidation sites excluding steroid dienone is 1. The third-order valence-electron chi connectivity index (χ3n) is 4.33. The molecule has 1 aliphatic rings. The zero-order valence-corrected chi connectivity index (χ0v) is 13.9. The Bertz CT molecular complexity index is 870. The van der Waals surface area contributed by atoms with Crippen LogP contribution >= 0.6 is 12.4 Å². The number of halogens is 2. The summed E-state index contributed by atoms with van der Waals surface area (Å²) in [5.74, 6) is -0.199. The van der Waals surface area contributed by atoms with Gasteiger partial charge in [0.2, 0.25) is 0 Å². The second-order valence-corrected chi connectivity index (χ2v) is 5.77. The molecule has 2 aromatic carbocycles. The summed E-state index contributed by atoms with van der Waals surface area (Å²) in [5.41, 5.74) is 7.30. The molecule has 1 aromatic heterocycles. The Morgan fingerprint density at radius 2 is 1.50 bits per heavy atom. The predicted molar refractivity (Wildman–Crippen MR) is 98.7 cm³/mol. The van der Waals surface area contributed by atoms with Crippen LogP contribution in [0.25, 0.3) is 16.7 Å². The molecular formula is C21H17ClFN. The minimum Gasteiger partial charge on any atom is -0.265 e. The molecule has 1 nitrogen and oxygen atoms in total. The molecule has 0 unspecified atom stereocenters. The first-order valence-electron chi connectivity index (χ1n) is 7.81. The first-order valence-corrected chi connectivity index (χ1v) is 7.81. The Morgan fingerprint density at radius 3 is 2.25 bits per heavy atom. The van der Waals surface area contributed by atoms with E-state index in [0.29, 0.717) is 0 Å². The Labute approximate surface area is 147 Å². The van der Waals surface area contributed by atoms with Crippen molar-refractivity contribution >= 4 is 18.0 Å². The van der Waals surface area contributed by atoms with Crippen molar-refractivity contribution in [2.75, 3.05) is 0 Å². The number of benzene rings is 2. The van der Waals surface area contributed by atoms with Gasteiger partial charge < -0.3 is 0 Å². The summed E-state index contributed by atoms with van der Waals surface area (Å²) in [5, 5.41) is 0. The van der Waals surface area contributed by atoms with Crippen LogP contribution in [0.1, 0.15) is 23.1 Å². The topological polar surface area (TPSA) is 12.9 Å². The highest BCUT2D eigenvalue weighted by Crippen LogP contribution is 2.34. The summed E-state index contributed by atoms with van der Waals surface area (Å²) in [6.45, 7) is 0. The van der Waals surface area contributed by atoms with E-state index in [1.54, 1.807) is 0 Å². The van der Waals surface area contributed by atoms with Gasteiger partial charge in [-0.15, -0.1) is 12.4 Å². The number of nitrogens with zero attached hydrogens (tertiary/aromatic N) is 1. The number of aryl methyl sites for hydroxylation is 1. The van der Waals surface area contributed by atoms with E-state index >= 15 is 0 Å². The summed E-state index contributed by atoms with van der Waals surface area (Å²) in [7, 11) is 0. The lowest BCUT2D eigenvalue weighted by Gasteiger charge is -2.19. The quantitative estimate of drug-likeness (QED) is 0.585. The van der Waals surface area contributed by atoms with E-state index in [9.17, 15) is 4.39 Å². The van der Waals surface area contributed by atoms with Crippen LogP contribution < -0.4 is 0 Å². The third-order valence-corrected chi connectivity index (χ3v) is 4.33. The second kappa shape index (κ2) is 6.98. The van der Waals surface area contributed by atoms with E-state index < -0.39 is 0 Å². The molecule has 1 aliphatic carbocycles. The summed E-state index contributed by atoms with van der Waals surface area (Å²) >= 11 is 0. The molecule has 0 bridgehead atoms. The smallest absolute Gasteiger partial charge is 0.123 e. The molecule has 0 saturated heterocycles.